The molecular formula is C39H76N2O15PS+. The fourth-order valence-corrected chi connectivity index (χ4v) is 8.26. The average molecular weight is 876 g/mol. The van der Waals surface area contributed by atoms with E-state index in [-0.39, 0.29) is 32.0 Å². The minimum Gasteiger partial charge on any atom is -0.460 e. The van der Waals surface area contributed by atoms with Gasteiger partial charge in [0.25, 0.3) is 0 Å². The first-order valence-electron chi connectivity index (χ1n) is 21.3. The number of carbonyl (C=O) groups is 1. The third-order valence-electron chi connectivity index (χ3n) is 10.2. The smallest absolute Gasteiger partial charge is 0.460 e. The van der Waals surface area contributed by atoms with Crippen molar-refractivity contribution in [2.45, 2.75) is 165 Å². The van der Waals surface area contributed by atoms with Gasteiger partial charge in [0.1, 0.15) is 32.0 Å². The van der Waals surface area contributed by atoms with Gasteiger partial charge < -0.3 is 43.6 Å². The first-order valence-corrected chi connectivity index (χ1v) is 24.3. The highest BCUT2D eigenvalue weighted by Crippen LogP contribution is 2.45. The predicted octanol–water partition coefficient (Wildman–Crippen LogP) is 4.71. The molecular weight excluding hydrogens is 799 g/mol. The van der Waals surface area contributed by atoms with Crippen molar-refractivity contribution in [2.24, 2.45) is 0 Å². The molecule has 2 aliphatic rings. The highest BCUT2D eigenvalue weighted by molar-refractivity contribution is 7.83. The normalized spacial score (nSPS) is 23.3. The van der Waals surface area contributed by atoms with Crippen LogP contribution in [-0.2, 0) is 47.7 Å². The van der Waals surface area contributed by atoms with Crippen molar-refractivity contribution in [3.63, 3.8) is 0 Å². The van der Waals surface area contributed by atoms with Crippen LogP contribution in [0.4, 0.5) is 0 Å². The number of carbonyl (C=O) groups excluding carboxylic acids is 1. The Hall–Kier alpha value is -1.09. The molecule has 0 aromatic rings. The molecule has 0 amide bonds. The molecule has 2 heterocycles. The lowest BCUT2D eigenvalue weighted by Gasteiger charge is -2.33. The van der Waals surface area contributed by atoms with E-state index in [1.165, 1.54) is 51.0 Å². The number of phosphoric acid groups is 1. The number of fused-ring (bicyclic) bond motifs is 2. The Morgan fingerprint density at radius 3 is 2.14 bits per heavy atom. The molecule has 0 saturated carbocycles. The molecule has 2 fully saturated rings. The molecule has 2 rings (SSSR count). The second-order valence-corrected chi connectivity index (χ2v) is 19.4. The third-order valence-corrected chi connectivity index (χ3v) is 11.8. The van der Waals surface area contributed by atoms with Crippen LogP contribution < -0.4 is 4.72 Å². The van der Waals surface area contributed by atoms with Gasteiger partial charge >= 0.3 is 24.1 Å². The lowest BCUT2D eigenvalue weighted by atomic mass is 9.94. The van der Waals surface area contributed by atoms with Crippen LogP contribution in [0.25, 0.3) is 0 Å². The maximum absolute atomic E-state index is 12.0. The number of aliphatic hydroxyl groups is 3. The minimum atomic E-state index is -4.36. The van der Waals surface area contributed by atoms with Gasteiger partial charge in [0.15, 0.2) is 5.79 Å². The lowest BCUT2D eigenvalue weighted by molar-refractivity contribution is -0.870. The van der Waals surface area contributed by atoms with E-state index in [0.717, 1.165) is 64.2 Å². The summed E-state index contributed by atoms with van der Waals surface area (Å²) in [4.78, 5) is 21.7. The van der Waals surface area contributed by atoms with Crippen molar-refractivity contribution < 1.29 is 75.0 Å². The summed E-state index contributed by atoms with van der Waals surface area (Å²) in [6.45, 7) is -0.331. The van der Waals surface area contributed by atoms with Gasteiger partial charge in [0, 0.05) is 25.5 Å². The fraction of sp³-hybridized carbons (Fsp3) is 0.923. The summed E-state index contributed by atoms with van der Waals surface area (Å²) < 4.78 is 77.7. The molecule has 19 heteroatoms. The topological polar surface area (TPSA) is 237 Å². The zero-order chi connectivity index (χ0) is 42.9. The molecule has 6 N–H and O–H groups in total. The van der Waals surface area contributed by atoms with Crippen molar-refractivity contribution in [1.29, 1.82) is 0 Å². The van der Waals surface area contributed by atoms with Gasteiger partial charge in [0.05, 0.1) is 59.2 Å². The average Bonchev–Trinajstić information content (AvgIpc) is 3.45. The fourth-order valence-electron chi connectivity index (χ4n) is 6.95. The largest absolute Gasteiger partial charge is 0.472 e. The highest BCUT2D eigenvalue weighted by atomic mass is 32.2. The Morgan fingerprint density at radius 2 is 1.52 bits per heavy atom. The Balaban J connectivity index is 1.46. The standard InChI is InChI=1S/C39H75N2O15PS/c1-41(2,3)26-28-53-57(46,47)54-32-34(43)31-52-37(45)22-18-14-12-13-17-21-36-38-35(44)23-25-39(55-36,56-38)24-19-15-10-8-6-4-5-7-9-11-16-20-27-51-30-33(29-42)40-58(48,49)50/h18,22,33-36,38,40,42-44H,4-17,19-21,23-32H2,1-3H3,(H-,46,47,48,49,50)/p+1/b22-18+/t33-,34+,35+,36+,38+,39-/m0/s1. The van der Waals surface area contributed by atoms with Gasteiger partial charge in [-0.1, -0.05) is 83.1 Å². The monoisotopic (exact) mass is 875 g/mol. The zero-order valence-corrected chi connectivity index (χ0v) is 37.0. The summed E-state index contributed by atoms with van der Waals surface area (Å²) in [5.41, 5.74) is 0. The van der Waals surface area contributed by atoms with E-state index >= 15 is 0 Å². The summed E-state index contributed by atoms with van der Waals surface area (Å²) in [5, 5.41) is 29.7. The third kappa shape index (κ3) is 25.6. The molecule has 342 valence electrons. The number of ether oxygens (including phenoxy) is 4. The van der Waals surface area contributed by atoms with E-state index in [4.69, 9.17) is 37.7 Å². The van der Waals surface area contributed by atoms with E-state index in [2.05, 4.69) is 0 Å². The van der Waals surface area contributed by atoms with Crippen molar-refractivity contribution in [3.8, 4) is 0 Å². The van der Waals surface area contributed by atoms with Crippen molar-refractivity contribution in [2.75, 3.05) is 67.3 Å². The number of quaternary nitrogens is 1. The molecule has 2 bridgehead atoms. The number of unbranched alkanes of at least 4 members (excludes halogenated alkanes) is 14. The molecule has 2 saturated heterocycles. The number of hydrogen-bond donors (Lipinski definition) is 6. The molecule has 0 spiro atoms. The minimum absolute atomic E-state index is 0.0128. The number of allylic oxidation sites excluding steroid dienone is 1. The molecule has 2 aliphatic heterocycles. The van der Waals surface area contributed by atoms with E-state index in [0.29, 0.717) is 36.9 Å². The van der Waals surface area contributed by atoms with Gasteiger partial charge in [-0.25, -0.2) is 9.36 Å². The first-order chi connectivity index (χ1) is 27.4. The number of rotatable bonds is 36. The van der Waals surface area contributed by atoms with Gasteiger partial charge in [-0.2, -0.15) is 13.1 Å². The molecule has 0 aromatic carbocycles. The van der Waals surface area contributed by atoms with Crippen LogP contribution in [0.1, 0.15) is 128 Å². The molecule has 17 nitrogen and oxygen atoms in total. The number of likely N-dealkylation sites (N-methyl/N-ethyl adjacent to an activating group) is 1. The first kappa shape index (κ1) is 53.0. The molecule has 58 heavy (non-hydrogen) atoms. The molecule has 0 aliphatic carbocycles. The summed E-state index contributed by atoms with van der Waals surface area (Å²) in [7, 11) is -2.94. The number of nitrogens with zero attached hydrogens (tertiary/aromatic N) is 1. The summed E-state index contributed by atoms with van der Waals surface area (Å²) in [5.74, 6) is -1.20. The van der Waals surface area contributed by atoms with Crippen LogP contribution in [0.15, 0.2) is 12.2 Å². The molecule has 7 atom stereocenters. The Labute approximate surface area is 347 Å². The van der Waals surface area contributed by atoms with Crippen molar-refractivity contribution in [1.82, 2.24) is 4.72 Å². The number of hydrogen-bond acceptors (Lipinski definition) is 13. The van der Waals surface area contributed by atoms with E-state index < -0.39 is 61.3 Å². The van der Waals surface area contributed by atoms with E-state index in [1.807, 2.05) is 25.9 Å². The summed E-state index contributed by atoms with van der Waals surface area (Å²) in [6, 6.07) is -0.846. The maximum atomic E-state index is 12.0. The highest BCUT2D eigenvalue weighted by Gasteiger charge is 2.52. The Morgan fingerprint density at radius 1 is 0.897 bits per heavy atom. The summed E-state index contributed by atoms with van der Waals surface area (Å²) in [6.07, 6.45) is 21.0. The van der Waals surface area contributed by atoms with Crippen LogP contribution >= 0.6 is 7.82 Å². The van der Waals surface area contributed by atoms with Gasteiger partial charge in [0.2, 0.25) is 0 Å². The maximum Gasteiger partial charge on any atom is 0.472 e. The molecule has 0 aromatic heterocycles. The predicted molar refractivity (Wildman–Crippen MR) is 218 cm³/mol. The van der Waals surface area contributed by atoms with Crippen LogP contribution in [0, 0.1) is 0 Å². The van der Waals surface area contributed by atoms with Crippen LogP contribution in [-0.4, -0.2) is 147 Å². The zero-order valence-electron chi connectivity index (χ0n) is 35.3. The van der Waals surface area contributed by atoms with Gasteiger partial charge in [-0.3, -0.25) is 13.6 Å². The van der Waals surface area contributed by atoms with Gasteiger partial charge in [-0.15, -0.1) is 0 Å². The molecule has 0 radical (unpaired) electrons. The second-order valence-electron chi connectivity index (χ2n) is 16.7. The van der Waals surface area contributed by atoms with Crippen molar-refractivity contribution in [3.05, 3.63) is 12.2 Å². The van der Waals surface area contributed by atoms with Gasteiger partial charge in [-0.05, 0) is 38.5 Å². The number of phosphoric ester groups is 1. The number of aliphatic hydroxyl groups excluding tert-OH is 3. The Kier molecular flexibility index (Phi) is 26.1. The lowest BCUT2D eigenvalue weighted by Crippen LogP contribution is -2.41. The Bertz CT molecular complexity index is 1300. The second kappa shape index (κ2) is 28.5. The molecule has 1 unspecified atom stereocenters. The van der Waals surface area contributed by atoms with E-state index in [1.54, 1.807) is 6.08 Å². The van der Waals surface area contributed by atoms with Crippen LogP contribution in [0.5, 0.6) is 0 Å². The number of nitrogens with one attached hydrogen (secondary N) is 1. The SMILES string of the molecule is C[N+](C)(C)CCOP(=O)(O)OC[C@H](O)COC(=O)/C=C/CCCCC[C@H]1O[C@]2(CCCCCCCCCCCCCCOC[C@H](CO)NS(=O)(=O)O)CC[C@@H](O)[C@H]1O2. The quantitative estimate of drug-likeness (QED) is 0.0125. The van der Waals surface area contributed by atoms with Crippen LogP contribution in [0.3, 0.4) is 0 Å². The van der Waals surface area contributed by atoms with Crippen molar-refractivity contribution >= 4 is 24.1 Å². The summed E-state index contributed by atoms with van der Waals surface area (Å²) >= 11 is 0. The van der Waals surface area contributed by atoms with E-state index in [9.17, 15) is 32.9 Å². The number of esters is 1. The van der Waals surface area contributed by atoms with Crippen LogP contribution in [0.2, 0.25) is 0 Å².